The summed E-state index contributed by atoms with van der Waals surface area (Å²) in [5, 5.41) is 8.09. The number of hydrogen-bond donors (Lipinski definition) is 0. The fraction of sp³-hybridized carbons (Fsp3) is 0.556. The minimum absolute atomic E-state index is 0.147. The Hall–Kier alpha value is -2.48. The first-order valence-electron chi connectivity index (χ1n) is 9.22. The van der Waals surface area contributed by atoms with Gasteiger partial charge in [-0.15, -0.1) is 5.10 Å². The summed E-state index contributed by atoms with van der Waals surface area (Å²) in [6, 6.07) is 3.84. The van der Waals surface area contributed by atoms with Crippen LogP contribution in [0.15, 0.2) is 30.7 Å². The topological polar surface area (TPSA) is 76.4 Å². The first kappa shape index (κ1) is 17.0. The number of carbonyl (C=O) groups excluding carboxylic acids is 1. The van der Waals surface area contributed by atoms with Gasteiger partial charge < -0.3 is 19.1 Å². The van der Waals surface area contributed by atoms with E-state index in [2.05, 4.69) is 31.6 Å². The van der Waals surface area contributed by atoms with Crippen LogP contribution in [-0.4, -0.2) is 63.3 Å². The molecule has 0 aliphatic carbocycles. The van der Waals surface area contributed by atoms with Crippen molar-refractivity contribution >= 4 is 11.7 Å². The number of aryl methyl sites for hydroxylation is 1. The highest BCUT2D eigenvalue weighted by molar-refractivity contribution is 5.80. The van der Waals surface area contributed by atoms with Crippen LogP contribution in [-0.2, 0) is 16.1 Å². The molecule has 0 unspecified atom stereocenters. The first-order chi connectivity index (χ1) is 12.8. The second kappa shape index (κ2) is 7.41. The van der Waals surface area contributed by atoms with Gasteiger partial charge in [0.05, 0.1) is 5.92 Å². The van der Waals surface area contributed by atoms with Gasteiger partial charge in [0.1, 0.15) is 11.9 Å². The number of hydrogen-bond acceptors (Lipinski definition) is 6. The average molecular weight is 356 g/mol. The van der Waals surface area contributed by atoms with Gasteiger partial charge in [0.15, 0.2) is 5.82 Å². The summed E-state index contributed by atoms with van der Waals surface area (Å²) in [6.07, 6.45) is 5.91. The molecule has 0 aromatic carbocycles. The maximum absolute atomic E-state index is 13.1. The monoisotopic (exact) mass is 356 g/mol. The van der Waals surface area contributed by atoms with Crippen molar-refractivity contribution in [2.45, 2.75) is 26.0 Å². The van der Waals surface area contributed by atoms with Crippen molar-refractivity contribution in [3.63, 3.8) is 0 Å². The van der Waals surface area contributed by atoms with Crippen molar-refractivity contribution in [2.24, 2.45) is 5.92 Å². The van der Waals surface area contributed by atoms with Gasteiger partial charge >= 0.3 is 0 Å². The number of rotatable bonds is 4. The van der Waals surface area contributed by atoms with Crippen LogP contribution in [0.25, 0.3) is 0 Å². The number of piperazine rings is 1. The third-order valence-electron chi connectivity index (χ3n) is 5.23. The molecule has 0 saturated carbocycles. The Balaban J connectivity index is 1.41. The predicted molar refractivity (Wildman–Crippen MR) is 95.5 cm³/mol. The second-order valence-corrected chi connectivity index (χ2v) is 6.65. The van der Waals surface area contributed by atoms with Gasteiger partial charge in [-0.3, -0.25) is 4.79 Å². The third kappa shape index (κ3) is 3.16. The van der Waals surface area contributed by atoms with E-state index in [4.69, 9.17) is 4.74 Å². The highest BCUT2D eigenvalue weighted by Crippen LogP contribution is 2.35. The number of ether oxygens (including phenoxy) is 1. The highest BCUT2D eigenvalue weighted by Gasteiger charge is 2.40. The molecular formula is C18H24N6O2. The van der Waals surface area contributed by atoms with E-state index >= 15 is 0 Å². The smallest absolute Gasteiger partial charge is 0.228 e. The SMILES string of the molecule is CCn1ccnc1[C@@H]1OCC[C@H]1C(=O)N1CCN(c2cccnn2)CC1. The molecule has 2 aliphatic rings. The number of aromatic nitrogens is 4. The summed E-state index contributed by atoms with van der Waals surface area (Å²) < 4.78 is 7.95. The van der Waals surface area contributed by atoms with E-state index in [1.165, 1.54) is 0 Å². The van der Waals surface area contributed by atoms with Crippen LogP contribution in [0.5, 0.6) is 0 Å². The third-order valence-corrected chi connectivity index (χ3v) is 5.23. The first-order valence-corrected chi connectivity index (χ1v) is 9.22. The van der Waals surface area contributed by atoms with Crippen molar-refractivity contribution in [3.05, 3.63) is 36.5 Å². The number of amides is 1. The summed E-state index contributed by atoms with van der Waals surface area (Å²) in [5.41, 5.74) is 0. The zero-order chi connectivity index (χ0) is 17.9. The van der Waals surface area contributed by atoms with E-state index in [1.54, 1.807) is 12.4 Å². The molecule has 4 rings (SSSR count). The van der Waals surface area contributed by atoms with Crippen LogP contribution in [0.1, 0.15) is 25.3 Å². The molecule has 2 aliphatic heterocycles. The van der Waals surface area contributed by atoms with Gasteiger partial charge in [-0.2, -0.15) is 5.10 Å². The zero-order valence-electron chi connectivity index (χ0n) is 15.0. The summed E-state index contributed by atoms with van der Waals surface area (Å²) in [5.74, 6) is 1.76. The standard InChI is InChI=1S/C18H24N6O2/c1-2-22-8-7-19-17(22)16-14(5-13-26-16)18(25)24-11-9-23(10-12-24)15-4-3-6-20-21-15/h3-4,6-8,14,16H,2,5,9-13H2,1H3/t14-,16-/m1/s1. The molecule has 2 saturated heterocycles. The van der Waals surface area contributed by atoms with Crippen LogP contribution in [0.4, 0.5) is 5.82 Å². The summed E-state index contributed by atoms with van der Waals surface area (Å²) >= 11 is 0. The van der Waals surface area contributed by atoms with Crippen molar-refractivity contribution in [3.8, 4) is 0 Å². The molecular weight excluding hydrogens is 332 g/mol. The van der Waals surface area contributed by atoms with E-state index < -0.39 is 0 Å². The lowest BCUT2D eigenvalue weighted by molar-refractivity contribution is -0.138. The Bertz CT molecular complexity index is 741. The molecule has 8 heteroatoms. The van der Waals surface area contributed by atoms with E-state index in [0.29, 0.717) is 19.7 Å². The fourth-order valence-electron chi connectivity index (χ4n) is 3.79. The van der Waals surface area contributed by atoms with Crippen molar-refractivity contribution in [2.75, 3.05) is 37.7 Å². The molecule has 138 valence electrons. The molecule has 2 aromatic heterocycles. The van der Waals surface area contributed by atoms with E-state index in [-0.39, 0.29) is 17.9 Å². The molecule has 0 bridgehead atoms. The van der Waals surface area contributed by atoms with Gasteiger partial charge in [-0.1, -0.05) is 0 Å². The Morgan fingerprint density at radius 3 is 2.85 bits per heavy atom. The van der Waals surface area contributed by atoms with Crippen molar-refractivity contribution in [1.29, 1.82) is 0 Å². The molecule has 1 amide bonds. The van der Waals surface area contributed by atoms with Crippen LogP contribution < -0.4 is 4.90 Å². The van der Waals surface area contributed by atoms with E-state index in [0.717, 1.165) is 37.7 Å². The summed E-state index contributed by atoms with van der Waals surface area (Å²) in [7, 11) is 0. The summed E-state index contributed by atoms with van der Waals surface area (Å²) in [6.45, 7) is 6.44. The molecule has 2 fully saturated rings. The zero-order valence-corrected chi connectivity index (χ0v) is 15.0. The molecule has 4 heterocycles. The van der Waals surface area contributed by atoms with Gasteiger partial charge in [-0.25, -0.2) is 4.98 Å². The molecule has 2 aromatic rings. The van der Waals surface area contributed by atoms with Gasteiger partial charge in [0.25, 0.3) is 0 Å². The lowest BCUT2D eigenvalue weighted by Gasteiger charge is -2.36. The Morgan fingerprint density at radius 1 is 1.27 bits per heavy atom. The van der Waals surface area contributed by atoms with Crippen LogP contribution in [0, 0.1) is 5.92 Å². The number of imidazole rings is 1. The Kier molecular flexibility index (Phi) is 4.83. The van der Waals surface area contributed by atoms with E-state index in [1.807, 2.05) is 23.2 Å². The van der Waals surface area contributed by atoms with E-state index in [9.17, 15) is 4.79 Å². The maximum atomic E-state index is 13.1. The minimum atomic E-state index is -0.240. The maximum Gasteiger partial charge on any atom is 0.228 e. The van der Waals surface area contributed by atoms with Crippen LogP contribution in [0.3, 0.4) is 0 Å². The quantitative estimate of drug-likeness (QED) is 0.817. The average Bonchev–Trinajstić information content (AvgIpc) is 3.37. The molecule has 8 nitrogen and oxygen atoms in total. The van der Waals surface area contributed by atoms with Gasteiger partial charge in [0.2, 0.25) is 5.91 Å². The lowest BCUT2D eigenvalue weighted by atomic mass is 9.98. The molecule has 0 N–H and O–H groups in total. The molecule has 2 atom stereocenters. The Labute approximate surface area is 152 Å². The summed E-state index contributed by atoms with van der Waals surface area (Å²) in [4.78, 5) is 21.7. The number of carbonyl (C=O) groups is 1. The van der Waals surface area contributed by atoms with Gasteiger partial charge in [-0.05, 0) is 25.5 Å². The largest absolute Gasteiger partial charge is 0.369 e. The lowest BCUT2D eigenvalue weighted by Crippen LogP contribution is -2.51. The molecule has 0 spiro atoms. The fourth-order valence-corrected chi connectivity index (χ4v) is 3.79. The normalized spacial score (nSPS) is 23.4. The van der Waals surface area contributed by atoms with Crippen LogP contribution >= 0.6 is 0 Å². The number of nitrogens with zero attached hydrogens (tertiary/aromatic N) is 6. The highest BCUT2D eigenvalue weighted by atomic mass is 16.5. The van der Waals surface area contributed by atoms with Gasteiger partial charge in [0, 0.05) is 57.9 Å². The predicted octanol–water partition coefficient (Wildman–Crippen LogP) is 1.12. The Morgan fingerprint density at radius 2 is 2.12 bits per heavy atom. The molecule has 0 radical (unpaired) electrons. The number of anilines is 1. The van der Waals surface area contributed by atoms with Crippen LogP contribution in [0.2, 0.25) is 0 Å². The van der Waals surface area contributed by atoms with Crippen molar-refractivity contribution < 1.29 is 9.53 Å². The van der Waals surface area contributed by atoms with Crippen molar-refractivity contribution in [1.82, 2.24) is 24.6 Å². The molecule has 26 heavy (non-hydrogen) atoms. The minimum Gasteiger partial charge on any atom is -0.369 e. The second-order valence-electron chi connectivity index (χ2n) is 6.65.